The topological polar surface area (TPSA) is 46.5 Å². The molecule has 1 rings (SSSR count). The summed E-state index contributed by atoms with van der Waals surface area (Å²) in [6, 6.07) is 5.24. The SMILES string of the molecule is CCCC(O)C(=O)c1ccc(OC)cc1C. The molecule has 16 heavy (non-hydrogen) atoms. The van der Waals surface area contributed by atoms with Gasteiger partial charge in [-0.05, 0) is 37.1 Å². The van der Waals surface area contributed by atoms with Crippen LogP contribution in [0.15, 0.2) is 18.2 Å². The van der Waals surface area contributed by atoms with E-state index in [2.05, 4.69) is 0 Å². The number of ether oxygens (including phenoxy) is 1. The van der Waals surface area contributed by atoms with Crippen molar-refractivity contribution in [3.05, 3.63) is 29.3 Å². The molecule has 0 bridgehead atoms. The molecule has 88 valence electrons. The van der Waals surface area contributed by atoms with E-state index < -0.39 is 6.10 Å². The van der Waals surface area contributed by atoms with E-state index in [0.29, 0.717) is 12.0 Å². The smallest absolute Gasteiger partial charge is 0.191 e. The summed E-state index contributed by atoms with van der Waals surface area (Å²) in [7, 11) is 1.59. The Bertz CT molecular complexity index is 371. The highest BCUT2D eigenvalue weighted by Crippen LogP contribution is 2.19. The van der Waals surface area contributed by atoms with Gasteiger partial charge in [0.05, 0.1) is 7.11 Å². The van der Waals surface area contributed by atoms with Gasteiger partial charge in [-0.1, -0.05) is 13.3 Å². The number of methoxy groups -OCH3 is 1. The molecule has 0 radical (unpaired) electrons. The monoisotopic (exact) mass is 222 g/mol. The van der Waals surface area contributed by atoms with Gasteiger partial charge in [0, 0.05) is 5.56 Å². The largest absolute Gasteiger partial charge is 0.497 e. The summed E-state index contributed by atoms with van der Waals surface area (Å²) >= 11 is 0. The lowest BCUT2D eigenvalue weighted by atomic mass is 9.98. The third-order valence-electron chi connectivity index (χ3n) is 2.56. The normalized spacial score (nSPS) is 12.2. The fourth-order valence-corrected chi connectivity index (χ4v) is 1.62. The molecule has 3 nitrogen and oxygen atoms in total. The van der Waals surface area contributed by atoms with Gasteiger partial charge >= 0.3 is 0 Å². The number of aliphatic hydroxyl groups is 1. The van der Waals surface area contributed by atoms with Gasteiger partial charge in [0.2, 0.25) is 0 Å². The molecule has 0 saturated heterocycles. The summed E-state index contributed by atoms with van der Waals surface area (Å²) in [5.41, 5.74) is 1.40. The highest BCUT2D eigenvalue weighted by atomic mass is 16.5. The molecule has 1 aromatic carbocycles. The fraction of sp³-hybridized carbons (Fsp3) is 0.462. The van der Waals surface area contributed by atoms with Crippen LogP contribution in [0.3, 0.4) is 0 Å². The molecule has 0 aliphatic rings. The molecule has 0 aromatic heterocycles. The minimum Gasteiger partial charge on any atom is -0.497 e. The zero-order valence-corrected chi connectivity index (χ0v) is 9.99. The summed E-state index contributed by atoms with van der Waals surface area (Å²) < 4.78 is 5.06. The number of hydrogen-bond donors (Lipinski definition) is 1. The Balaban J connectivity index is 2.91. The first-order chi connectivity index (χ1) is 7.60. The van der Waals surface area contributed by atoms with E-state index in [1.807, 2.05) is 13.8 Å². The van der Waals surface area contributed by atoms with Crippen molar-refractivity contribution in [2.75, 3.05) is 7.11 Å². The summed E-state index contributed by atoms with van der Waals surface area (Å²) in [4.78, 5) is 11.9. The zero-order chi connectivity index (χ0) is 12.1. The van der Waals surface area contributed by atoms with E-state index in [0.717, 1.165) is 17.7 Å². The van der Waals surface area contributed by atoms with Crippen LogP contribution in [0.2, 0.25) is 0 Å². The zero-order valence-electron chi connectivity index (χ0n) is 9.99. The second-order valence-electron chi connectivity index (χ2n) is 3.85. The van der Waals surface area contributed by atoms with Crippen LogP contribution < -0.4 is 4.74 Å². The number of aliphatic hydroxyl groups excluding tert-OH is 1. The minimum atomic E-state index is -0.892. The number of carbonyl (C=O) groups excluding carboxylic acids is 1. The van der Waals surface area contributed by atoms with Gasteiger partial charge in [-0.3, -0.25) is 4.79 Å². The third-order valence-corrected chi connectivity index (χ3v) is 2.56. The van der Waals surface area contributed by atoms with Gasteiger partial charge in [-0.25, -0.2) is 0 Å². The molecule has 1 aromatic rings. The molecule has 0 saturated carbocycles. The average molecular weight is 222 g/mol. The standard InChI is InChI=1S/C13H18O3/c1-4-5-12(14)13(15)11-7-6-10(16-3)8-9(11)2/h6-8,12,14H,4-5H2,1-3H3. The summed E-state index contributed by atoms with van der Waals surface area (Å²) in [6.07, 6.45) is 0.406. The lowest BCUT2D eigenvalue weighted by molar-refractivity contribution is 0.0728. The van der Waals surface area contributed by atoms with Crippen molar-refractivity contribution in [2.24, 2.45) is 0 Å². The molecule has 0 spiro atoms. The van der Waals surface area contributed by atoms with E-state index in [-0.39, 0.29) is 5.78 Å². The molecule has 0 aliphatic heterocycles. The van der Waals surface area contributed by atoms with Crippen LogP contribution in [0.4, 0.5) is 0 Å². The summed E-state index contributed by atoms with van der Waals surface area (Å²) in [6.45, 7) is 3.78. The highest BCUT2D eigenvalue weighted by Gasteiger charge is 2.18. The predicted molar refractivity (Wildman–Crippen MR) is 63.0 cm³/mol. The van der Waals surface area contributed by atoms with Crippen LogP contribution in [0.25, 0.3) is 0 Å². The van der Waals surface area contributed by atoms with Gasteiger partial charge < -0.3 is 9.84 Å². The maximum Gasteiger partial charge on any atom is 0.191 e. The molecule has 1 N–H and O–H groups in total. The Morgan fingerprint density at radius 3 is 2.69 bits per heavy atom. The average Bonchev–Trinajstić information content (AvgIpc) is 2.28. The van der Waals surface area contributed by atoms with Gasteiger partial charge in [-0.2, -0.15) is 0 Å². The van der Waals surface area contributed by atoms with Crippen LogP contribution in [-0.4, -0.2) is 24.1 Å². The first-order valence-corrected chi connectivity index (χ1v) is 5.47. The van der Waals surface area contributed by atoms with Gasteiger partial charge in [-0.15, -0.1) is 0 Å². The number of hydrogen-bond acceptors (Lipinski definition) is 3. The molecule has 1 atom stereocenters. The maximum absolute atomic E-state index is 11.9. The molecule has 0 aliphatic carbocycles. The molecule has 0 amide bonds. The van der Waals surface area contributed by atoms with E-state index in [9.17, 15) is 9.90 Å². The number of aryl methyl sites for hydroxylation is 1. The van der Waals surface area contributed by atoms with Crippen molar-refractivity contribution in [1.29, 1.82) is 0 Å². The Labute approximate surface area is 96.1 Å². The quantitative estimate of drug-likeness (QED) is 0.778. The molecule has 0 fully saturated rings. The Morgan fingerprint density at radius 1 is 1.50 bits per heavy atom. The second-order valence-corrected chi connectivity index (χ2v) is 3.85. The number of carbonyl (C=O) groups is 1. The van der Waals surface area contributed by atoms with E-state index in [1.165, 1.54) is 0 Å². The van der Waals surface area contributed by atoms with Crippen LogP contribution in [0.1, 0.15) is 35.7 Å². The van der Waals surface area contributed by atoms with Crippen LogP contribution in [0, 0.1) is 6.92 Å². The fourth-order valence-electron chi connectivity index (χ4n) is 1.62. The van der Waals surface area contributed by atoms with Crippen molar-refractivity contribution in [1.82, 2.24) is 0 Å². The first-order valence-electron chi connectivity index (χ1n) is 5.47. The summed E-state index contributed by atoms with van der Waals surface area (Å²) in [5, 5.41) is 9.64. The van der Waals surface area contributed by atoms with Gasteiger partial charge in [0.15, 0.2) is 5.78 Å². The van der Waals surface area contributed by atoms with Crippen molar-refractivity contribution in [3.63, 3.8) is 0 Å². The van der Waals surface area contributed by atoms with Gasteiger partial charge in [0.1, 0.15) is 11.9 Å². The number of ketones is 1. The van der Waals surface area contributed by atoms with Crippen molar-refractivity contribution < 1.29 is 14.6 Å². The van der Waals surface area contributed by atoms with Crippen LogP contribution >= 0.6 is 0 Å². The summed E-state index contributed by atoms with van der Waals surface area (Å²) in [5.74, 6) is 0.515. The lowest BCUT2D eigenvalue weighted by Crippen LogP contribution is -2.20. The third kappa shape index (κ3) is 2.83. The van der Waals surface area contributed by atoms with Gasteiger partial charge in [0.25, 0.3) is 0 Å². The maximum atomic E-state index is 11.9. The number of Topliss-reactive ketones (excluding diaryl/α,β-unsaturated/α-hetero) is 1. The van der Waals surface area contributed by atoms with Crippen LogP contribution in [0.5, 0.6) is 5.75 Å². The van der Waals surface area contributed by atoms with Crippen molar-refractivity contribution >= 4 is 5.78 Å². The second kappa shape index (κ2) is 5.66. The minimum absolute atomic E-state index is 0.206. The number of rotatable bonds is 5. The Kier molecular flexibility index (Phi) is 4.50. The van der Waals surface area contributed by atoms with E-state index in [1.54, 1.807) is 25.3 Å². The Morgan fingerprint density at radius 2 is 2.19 bits per heavy atom. The van der Waals surface area contributed by atoms with E-state index >= 15 is 0 Å². The molecule has 1 unspecified atom stereocenters. The molecular weight excluding hydrogens is 204 g/mol. The Hall–Kier alpha value is -1.35. The lowest BCUT2D eigenvalue weighted by Gasteiger charge is -2.11. The highest BCUT2D eigenvalue weighted by molar-refractivity contribution is 6.00. The molecule has 3 heteroatoms. The van der Waals surface area contributed by atoms with Crippen molar-refractivity contribution in [2.45, 2.75) is 32.8 Å². The van der Waals surface area contributed by atoms with E-state index in [4.69, 9.17) is 4.74 Å². The van der Waals surface area contributed by atoms with Crippen molar-refractivity contribution in [3.8, 4) is 5.75 Å². The predicted octanol–water partition coefficient (Wildman–Crippen LogP) is 2.35. The van der Waals surface area contributed by atoms with Crippen LogP contribution in [-0.2, 0) is 0 Å². The molecule has 0 heterocycles. The first kappa shape index (κ1) is 12.7. The number of benzene rings is 1. The molecular formula is C13H18O3.